The van der Waals surface area contributed by atoms with Gasteiger partial charge in [0.15, 0.2) is 0 Å². The second-order valence-corrected chi connectivity index (χ2v) is 4.49. The third-order valence-corrected chi connectivity index (χ3v) is 2.55. The van der Waals surface area contributed by atoms with Crippen molar-refractivity contribution in [2.24, 2.45) is 11.3 Å². The highest BCUT2D eigenvalue weighted by molar-refractivity contribution is 6.54. The lowest BCUT2D eigenvalue weighted by Crippen LogP contribution is -2.07. The second kappa shape index (κ2) is 5.21. The molecule has 0 spiro atoms. The monoisotopic (exact) mass is 262 g/mol. The average Bonchev–Trinajstić information content (AvgIpc) is 2.58. The molecule has 1 nitrogen and oxygen atoms in total. The maximum absolute atomic E-state index is 11.9. The van der Waals surface area contributed by atoms with E-state index in [-0.39, 0.29) is 17.1 Å². The smallest absolute Gasteiger partial charge is 0.285 e. The van der Waals surface area contributed by atoms with Crippen LogP contribution in [-0.4, -0.2) is 11.9 Å². The highest BCUT2D eigenvalue weighted by atomic mass is 35.5. The zero-order chi connectivity index (χ0) is 12.3. The molecule has 1 atom stereocenters. The van der Waals surface area contributed by atoms with Crippen LogP contribution in [-0.2, 0) is 4.79 Å². The molecule has 88 valence electrons. The lowest BCUT2D eigenvalue weighted by Gasteiger charge is -2.04. The molecule has 0 radical (unpaired) electrons. The summed E-state index contributed by atoms with van der Waals surface area (Å²) in [5.74, 6) is 0.214. The summed E-state index contributed by atoms with van der Waals surface area (Å²) in [4.78, 5) is 8.57. The Morgan fingerprint density at radius 2 is 1.80 bits per heavy atom. The first-order valence-corrected chi connectivity index (χ1v) is 4.95. The minimum atomic E-state index is -4.37. The summed E-state index contributed by atoms with van der Waals surface area (Å²) in [5, 5.41) is -0.988. The van der Waals surface area contributed by atoms with Crippen LogP contribution in [0.15, 0.2) is 11.1 Å². The summed E-state index contributed by atoms with van der Waals surface area (Å²) < 4.78 is 35.7. The highest BCUT2D eigenvalue weighted by Gasteiger charge is 2.46. The minimum Gasteiger partial charge on any atom is -0.285 e. The van der Waals surface area contributed by atoms with Crippen molar-refractivity contribution in [3.63, 3.8) is 0 Å². The molecule has 1 aliphatic rings. The van der Waals surface area contributed by atoms with Crippen LogP contribution < -0.4 is 0 Å². The Labute approximate surface area is 96.2 Å². The van der Waals surface area contributed by atoms with Gasteiger partial charge in [-0.2, -0.15) is 13.2 Å². The first-order valence-electron chi connectivity index (χ1n) is 4.13. The Morgan fingerprint density at radius 3 is 2.00 bits per heavy atom. The van der Waals surface area contributed by atoms with Crippen molar-refractivity contribution in [2.75, 3.05) is 0 Å². The average molecular weight is 263 g/mol. The van der Waals surface area contributed by atoms with Gasteiger partial charge in [-0.1, -0.05) is 31.5 Å². The fourth-order valence-corrected chi connectivity index (χ4v) is 1.22. The normalized spacial score (nSPS) is 23.9. The van der Waals surface area contributed by atoms with Gasteiger partial charge in [0, 0.05) is 0 Å². The molecule has 0 aliphatic heterocycles. The molecule has 1 fully saturated rings. The maximum Gasteiger partial charge on any atom is 0.426 e. The van der Waals surface area contributed by atoms with Gasteiger partial charge in [0.25, 0.3) is 0 Å². The third-order valence-electron chi connectivity index (χ3n) is 2.21. The molecule has 1 rings (SSSR count). The molecule has 1 saturated carbocycles. The van der Waals surface area contributed by atoms with Crippen molar-refractivity contribution in [1.29, 1.82) is 0 Å². The van der Waals surface area contributed by atoms with Crippen molar-refractivity contribution >= 4 is 28.9 Å². The van der Waals surface area contributed by atoms with E-state index in [1.807, 2.05) is 13.8 Å². The molecule has 0 heterocycles. The highest BCUT2D eigenvalue weighted by Crippen LogP contribution is 2.53. The number of alkyl halides is 3. The lowest BCUT2D eigenvalue weighted by molar-refractivity contribution is -0.0848. The molecule has 0 aromatic rings. The Kier molecular flexibility index (Phi) is 5.14. The van der Waals surface area contributed by atoms with Crippen molar-refractivity contribution in [2.45, 2.75) is 26.4 Å². The first kappa shape index (κ1) is 14.8. The topological polar surface area (TPSA) is 17.1 Å². The van der Waals surface area contributed by atoms with E-state index in [1.165, 1.54) is 0 Å². The standard InChI is InChI=1S/C8H10ClF3.CHClO/c1-7(2)4-5(7)3-6(9)8(10,11)12;2-1-3/h3,5H,4H2,1-2H3;1H/b6-3-;. The molecule has 6 heteroatoms. The predicted octanol–water partition coefficient (Wildman–Crippen LogP) is 4.13. The molecule has 0 N–H and O–H groups in total. The zero-order valence-corrected chi connectivity index (χ0v) is 9.75. The minimum absolute atomic E-state index is 0.00535. The molecule has 15 heavy (non-hydrogen) atoms. The Bertz CT molecular complexity index is 259. The van der Waals surface area contributed by atoms with E-state index in [4.69, 9.17) is 16.4 Å². The van der Waals surface area contributed by atoms with Gasteiger partial charge < -0.3 is 0 Å². The van der Waals surface area contributed by atoms with E-state index >= 15 is 0 Å². The Hall–Kier alpha value is -0.220. The number of halogens is 5. The van der Waals surface area contributed by atoms with E-state index < -0.39 is 11.2 Å². The quantitative estimate of drug-likeness (QED) is 0.513. The number of hydrogen-bond acceptors (Lipinski definition) is 1. The van der Waals surface area contributed by atoms with Crippen LogP contribution in [0, 0.1) is 11.3 Å². The van der Waals surface area contributed by atoms with Crippen LogP contribution in [0.2, 0.25) is 0 Å². The molecule has 0 aromatic carbocycles. The summed E-state index contributed by atoms with van der Waals surface area (Å²) >= 11 is 9.37. The third kappa shape index (κ3) is 5.42. The lowest BCUT2D eigenvalue weighted by atomic mass is 10.1. The van der Waals surface area contributed by atoms with Crippen molar-refractivity contribution in [1.82, 2.24) is 0 Å². The number of carbonyl (C=O) groups excluding carboxylic acids is 1. The Balaban J connectivity index is 0.000000583. The van der Waals surface area contributed by atoms with Gasteiger partial charge in [-0.25, -0.2) is 0 Å². The van der Waals surface area contributed by atoms with Crippen LogP contribution >= 0.6 is 23.2 Å². The van der Waals surface area contributed by atoms with Gasteiger partial charge in [-0.15, -0.1) is 0 Å². The van der Waals surface area contributed by atoms with Crippen LogP contribution in [0.3, 0.4) is 0 Å². The number of allylic oxidation sites excluding steroid dienone is 2. The van der Waals surface area contributed by atoms with Crippen LogP contribution in [0.25, 0.3) is 0 Å². The van der Waals surface area contributed by atoms with Crippen LogP contribution in [0.4, 0.5) is 13.2 Å². The van der Waals surface area contributed by atoms with E-state index in [9.17, 15) is 13.2 Å². The summed E-state index contributed by atoms with van der Waals surface area (Å²) in [6.45, 7) is 3.85. The molecular formula is C9H11Cl2F3O. The van der Waals surface area contributed by atoms with E-state index in [0.29, 0.717) is 0 Å². The number of rotatable bonds is 1. The fraction of sp³-hybridized carbons (Fsp3) is 0.667. The molecule has 1 unspecified atom stereocenters. The second-order valence-electron chi connectivity index (χ2n) is 3.90. The van der Waals surface area contributed by atoms with Gasteiger partial charge in [-0.3, -0.25) is 4.79 Å². The Morgan fingerprint density at radius 1 is 1.47 bits per heavy atom. The van der Waals surface area contributed by atoms with Crippen molar-refractivity contribution in [3.05, 3.63) is 11.1 Å². The van der Waals surface area contributed by atoms with Crippen LogP contribution in [0.1, 0.15) is 20.3 Å². The predicted molar refractivity (Wildman–Crippen MR) is 54.5 cm³/mol. The summed E-state index contributed by atoms with van der Waals surface area (Å²) in [5.41, 5.74) is 0.00535. The molecule has 0 saturated heterocycles. The summed E-state index contributed by atoms with van der Waals surface area (Å²) in [6, 6.07) is 0. The van der Waals surface area contributed by atoms with Crippen molar-refractivity contribution in [3.8, 4) is 0 Å². The van der Waals surface area contributed by atoms with Gasteiger partial charge in [0.2, 0.25) is 5.75 Å². The summed E-state index contributed by atoms with van der Waals surface area (Å²) in [6.07, 6.45) is -2.47. The largest absolute Gasteiger partial charge is 0.426 e. The van der Waals surface area contributed by atoms with Crippen molar-refractivity contribution < 1.29 is 18.0 Å². The molecule has 0 bridgehead atoms. The molecular weight excluding hydrogens is 252 g/mol. The SMILES string of the molecule is CC1(C)CC1/C=C(\Cl)C(F)(F)F.O=CCl. The van der Waals surface area contributed by atoms with E-state index in [0.717, 1.165) is 12.5 Å². The van der Waals surface area contributed by atoms with E-state index in [2.05, 4.69) is 11.6 Å². The number of hydrogen-bond donors (Lipinski definition) is 0. The fourth-order valence-electron chi connectivity index (χ4n) is 1.06. The zero-order valence-electron chi connectivity index (χ0n) is 8.24. The molecule has 0 aromatic heterocycles. The van der Waals surface area contributed by atoms with E-state index in [1.54, 1.807) is 0 Å². The first-order chi connectivity index (χ1) is 6.65. The molecule has 0 amide bonds. The summed E-state index contributed by atoms with van der Waals surface area (Å²) in [7, 11) is 0. The molecule has 1 aliphatic carbocycles. The van der Waals surface area contributed by atoms with Gasteiger partial charge in [0.05, 0.1) is 0 Å². The van der Waals surface area contributed by atoms with Gasteiger partial charge in [-0.05, 0) is 29.4 Å². The maximum atomic E-state index is 11.9. The number of carbonyl (C=O) groups is 1. The van der Waals surface area contributed by atoms with Gasteiger partial charge >= 0.3 is 6.18 Å². The van der Waals surface area contributed by atoms with Crippen LogP contribution in [0.5, 0.6) is 0 Å². The van der Waals surface area contributed by atoms with Gasteiger partial charge in [0.1, 0.15) is 5.03 Å².